The lowest BCUT2D eigenvalue weighted by Crippen LogP contribution is -2.17. The lowest BCUT2D eigenvalue weighted by atomic mass is 9.98. The van der Waals surface area contributed by atoms with E-state index in [0.29, 0.717) is 30.1 Å². The van der Waals surface area contributed by atoms with Gasteiger partial charge < -0.3 is 14.2 Å². The summed E-state index contributed by atoms with van der Waals surface area (Å²) in [6, 6.07) is 9.62. The van der Waals surface area contributed by atoms with Crippen molar-refractivity contribution in [3.8, 4) is 17.2 Å². The van der Waals surface area contributed by atoms with Gasteiger partial charge in [-0.3, -0.25) is 4.79 Å². The number of hydrogen-bond acceptors (Lipinski definition) is 4. The highest BCUT2D eigenvalue weighted by atomic mass is 19.4. The molecule has 0 bridgehead atoms. The third-order valence-corrected chi connectivity index (χ3v) is 4.64. The Bertz CT molecular complexity index is 861. The minimum absolute atomic E-state index is 0.142. The van der Waals surface area contributed by atoms with Crippen molar-refractivity contribution < 1.29 is 32.2 Å². The summed E-state index contributed by atoms with van der Waals surface area (Å²) >= 11 is 0. The summed E-state index contributed by atoms with van der Waals surface area (Å²) < 4.78 is 51.7. The van der Waals surface area contributed by atoms with Crippen LogP contribution in [-0.2, 0) is 16.0 Å². The maximum atomic E-state index is 12.3. The topological polar surface area (TPSA) is 44.8 Å². The zero-order chi connectivity index (χ0) is 20.3. The van der Waals surface area contributed by atoms with E-state index in [4.69, 9.17) is 9.47 Å². The van der Waals surface area contributed by atoms with E-state index in [1.54, 1.807) is 13.8 Å². The molecule has 4 nitrogen and oxygen atoms in total. The molecule has 0 amide bonds. The van der Waals surface area contributed by atoms with Crippen molar-refractivity contribution in [2.75, 3.05) is 6.61 Å². The lowest BCUT2D eigenvalue weighted by Gasteiger charge is -2.14. The number of rotatable bonds is 6. The van der Waals surface area contributed by atoms with Crippen LogP contribution in [0.5, 0.6) is 17.2 Å². The summed E-state index contributed by atoms with van der Waals surface area (Å²) in [7, 11) is 0. The Morgan fingerprint density at radius 1 is 1.14 bits per heavy atom. The number of carbonyl (C=O) groups excluding carboxylic acids is 1. The maximum Gasteiger partial charge on any atom is 0.573 e. The average Bonchev–Trinajstić information content (AvgIpc) is 2.98. The fourth-order valence-electron chi connectivity index (χ4n) is 3.44. The Hall–Kier alpha value is -2.70. The van der Waals surface area contributed by atoms with E-state index >= 15 is 0 Å². The molecule has 1 aliphatic rings. The van der Waals surface area contributed by atoms with Gasteiger partial charge in [-0.15, -0.1) is 13.2 Å². The number of benzene rings is 2. The third kappa shape index (κ3) is 4.97. The van der Waals surface area contributed by atoms with Gasteiger partial charge in [0.25, 0.3) is 0 Å². The molecule has 1 aliphatic carbocycles. The number of carbonyl (C=O) groups is 1. The van der Waals surface area contributed by atoms with E-state index in [9.17, 15) is 18.0 Å². The molecular weight excluding hydrogens is 373 g/mol. The van der Waals surface area contributed by atoms with E-state index in [1.807, 2.05) is 18.2 Å². The second kappa shape index (κ2) is 8.12. The summed E-state index contributed by atoms with van der Waals surface area (Å²) in [5.74, 6) is 0.716. The normalized spacial score (nSPS) is 15.8. The number of halogens is 3. The van der Waals surface area contributed by atoms with E-state index in [2.05, 4.69) is 4.74 Å². The molecule has 0 saturated heterocycles. The first kappa shape index (κ1) is 20.0. The molecule has 0 heterocycles. The smallest absolute Gasteiger partial charge is 0.466 e. The molecule has 0 fully saturated rings. The standard InChI is InChI=1S/C21H21F3O4/c1-3-26-20(25)12-15-5-4-14-11-16(6-8-18(14)15)27-19-9-7-17(10-13(19)2)28-21(22,23)24/h6-11,15H,3-5,12H2,1-2H3/t15-/m0/s1. The molecule has 0 spiro atoms. The minimum atomic E-state index is -4.73. The van der Waals surface area contributed by atoms with Gasteiger partial charge in [0.15, 0.2) is 0 Å². The summed E-state index contributed by atoms with van der Waals surface area (Å²) in [6.07, 6.45) is -2.65. The Morgan fingerprint density at radius 3 is 2.57 bits per heavy atom. The van der Waals surface area contributed by atoms with Crippen molar-refractivity contribution in [1.82, 2.24) is 0 Å². The van der Waals surface area contributed by atoms with Crippen molar-refractivity contribution in [2.45, 2.75) is 45.4 Å². The zero-order valence-electron chi connectivity index (χ0n) is 15.6. The molecule has 2 aromatic carbocycles. The Balaban J connectivity index is 1.70. The molecule has 28 heavy (non-hydrogen) atoms. The van der Waals surface area contributed by atoms with Crippen LogP contribution >= 0.6 is 0 Å². The van der Waals surface area contributed by atoms with Gasteiger partial charge in [0.1, 0.15) is 17.2 Å². The molecule has 0 saturated carbocycles. The summed E-state index contributed by atoms with van der Waals surface area (Å²) in [4.78, 5) is 11.7. The Kier molecular flexibility index (Phi) is 5.82. The second-order valence-corrected chi connectivity index (χ2v) is 6.68. The summed E-state index contributed by atoms with van der Waals surface area (Å²) in [5.41, 5.74) is 2.76. The van der Waals surface area contributed by atoms with E-state index < -0.39 is 6.36 Å². The predicted octanol–water partition coefficient (Wildman–Crippen LogP) is 5.67. The highest BCUT2D eigenvalue weighted by Crippen LogP contribution is 2.39. The maximum absolute atomic E-state index is 12.3. The van der Waals surface area contributed by atoms with Gasteiger partial charge in [0, 0.05) is 0 Å². The van der Waals surface area contributed by atoms with Crippen LogP contribution in [0.1, 0.15) is 42.4 Å². The molecule has 150 valence electrons. The van der Waals surface area contributed by atoms with Crippen molar-refractivity contribution in [3.63, 3.8) is 0 Å². The number of fused-ring (bicyclic) bond motifs is 1. The number of hydrogen-bond donors (Lipinski definition) is 0. The first-order valence-corrected chi connectivity index (χ1v) is 9.08. The van der Waals surface area contributed by atoms with E-state index in [1.165, 1.54) is 18.2 Å². The minimum Gasteiger partial charge on any atom is -0.466 e. The average molecular weight is 394 g/mol. The third-order valence-electron chi connectivity index (χ3n) is 4.64. The first-order valence-electron chi connectivity index (χ1n) is 9.08. The van der Waals surface area contributed by atoms with Crippen LogP contribution in [-0.4, -0.2) is 18.9 Å². The molecule has 0 aromatic heterocycles. The van der Waals surface area contributed by atoms with Crippen LogP contribution in [0, 0.1) is 6.92 Å². The van der Waals surface area contributed by atoms with Gasteiger partial charge in [-0.1, -0.05) is 6.07 Å². The fraction of sp³-hybridized carbons (Fsp3) is 0.381. The van der Waals surface area contributed by atoms with Gasteiger partial charge in [-0.25, -0.2) is 0 Å². The largest absolute Gasteiger partial charge is 0.573 e. The van der Waals surface area contributed by atoms with Crippen LogP contribution in [0.4, 0.5) is 13.2 Å². The number of aryl methyl sites for hydroxylation is 2. The molecule has 0 unspecified atom stereocenters. The monoisotopic (exact) mass is 394 g/mol. The summed E-state index contributed by atoms with van der Waals surface area (Å²) in [6.45, 7) is 3.81. The van der Waals surface area contributed by atoms with Crippen molar-refractivity contribution in [2.24, 2.45) is 0 Å². The Morgan fingerprint density at radius 2 is 1.89 bits per heavy atom. The second-order valence-electron chi connectivity index (χ2n) is 6.68. The van der Waals surface area contributed by atoms with Crippen LogP contribution < -0.4 is 9.47 Å². The molecule has 1 atom stereocenters. The van der Waals surface area contributed by atoms with Crippen LogP contribution in [0.15, 0.2) is 36.4 Å². The number of ether oxygens (including phenoxy) is 3. The van der Waals surface area contributed by atoms with Crippen LogP contribution in [0.3, 0.4) is 0 Å². The molecule has 0 radical (unpaired) electrons. The molecule has 0 aliphatic heterocycles. The van der Waals surface area contributed by atoms with Crippen LogP contribution in [0.2, 0.25) is 0 Å². The SMILES string of the molecule is CCOC(=O)C[C@@H]1CCc2cc(Oc3ccc(OC(F)(F)F)cc3C)ccc21. The van der Waals surface area contributed by atoms with E-state index in [-0.39, 0.29) is 17.6 Å². The zero-order valence-corrected chi connectivity index (χ0v) is 15.6. The fourth-order valence-corrected chi connectivity index (χ4v) is 3.44. The van der Waals surface area contributed by atoms with Gasteiger partial charge in [0.05, 0.1) is 13.0 Å². The quantitative estimate of drug-likeness (QED) is 0.592. The van der Waals surface area contributed by atoms with Gasteiger partial charge in [-0.05, 0) is 79.6 Å². The number of alkyl halides is 3. The highest BCUT2D eigenvalue weighted by molar-refractivity contribution is 5.71. The van der Waals surface area contributed by atoms with Crippen LogP contribution in [0.25, 0.3) is 0 Å². The summed E-state index contributed by atoms with van der Waals surface area (Å²) in [5, 5.41) is 0. The highest BCUT2D eigenvalue weighted by Gasteiger charge is 2.31. The molecule has 7 heteroatoms. The molecular formula is C21H21F3O4. The lowest BCUT2D eigenvalue weighted by molar-refractivity contribution is -0.274. The number of esters is 1. The molecule has 3 rings (SSSR count). The van der Waals surface area contributed by atoms with Crippen molar-refractivity contribution in [1.29, 1.82) is 0 Å². The van der Waals surface area contributed by atoms with Gasteiger partial charge >= 0.3 is 12.3 Å². The van der Waals surface area contributed by atoms with Crippen molar-refractivity contribution in [3.05, 3.63) is 53.1 Å². The first-order chi connectivity index (χ1) is 13.2. The van der Waals surface area contributed by atoms with Crippen molar-refractivity contribution >= 4 is 5.97 Å². The molecule has 0 N–H and O–H groups in total. The van der Waals surface area contributed by atoms with E-state index in [0.717, 1.165) is 24.0 Å². The molecule has 2 aromatic rings. The van der Waals surface area contributed by atoms with Gasteiger partial charge in [0.2, 0.25) is 0 Å². The Labute approximate surface area is 161 Å². The van der Waals surface area contributed by atoms with Gasteiger partial charge in [-0.2, -0.15) is 0 Å². The predicted molar refractivity (Wildman–Crippen MR) is 96.7 cm³/mol.